The van der Waals surface area contributed by atoms with E-state index < -0.39 is 11.5 Å². The van der Waals surface area contributed by atoms with E-state index in [1.54, 1.807) is 18.6 Å². The molecule has 0 spiro atoms. The average molecular weight is 228 g/mol. The lowest BCUT2D eigenvalue weighted by Gasteiger charge is -2.29. The van der Waals surface area contributed by atoms with Crippen molar-refractivity contribution >= 4 is 0 Å². The maximum Gasteiger partial charge on any atom is 0.0896 e. The molecule has 3 heteroatoms. The number of rotatable bonds is 3. The zero-order chi connectivity index (χ0) is 12.3. The van der Waals surface area contributed by atoms with E-state index in [9.17, 15) is 5.11 Å². The van der Waals surface area contributed by atoms with Crippen molar-refractivity contribution in [1.29, 1.82) is 0 Å². The first-order chi connectivity index (χ1) is 8.12. The van der Waals surface area contributed by atoms with Gasteiger partial charge < -0.3 is 5.11 Å². The first-order valence-electron chi connectivity index (χ1n) is 5.62. The van der Waals surface area contributed by atoms with Gasteiger partial charge in [0.15, 0.2) is 0 Å². The smallest absolute Gasteiger partial charge is 0.0896 e. The molecule has 17 heavy (non-hydrogen) atoms. The van der Waals surface area contributed by atoms with Gasteiger partial charge in [-0.05, 0) is 5.56 Å². The summed E-state index contributed by atoms with van der Waals surface area (Å²) in [6.07, 6.45) is 4.38. The maximum absolute atomic E-state index is 10.4. The summed E-state index contributed by atoms with van der Waals surface area (Å²) in [6, 6.07) is 9.62. The van der Waals surface area contributed by atoms with Gasteiger partial charge in [0.25, 0.3) is 0 Å². The monoisotopic (exact) mass is 228 g/mol. The fourth-order valence-corrected chi connectivity index (χ4v) is 1.82. The minimum Gasteiger partial charge on any atom is -0.387 e. The lowest BCUT2D eigenvalue weighted by molar-refractivity contribution is 0.0976. The molecule has 0 saturated carbocycles. The van der Waals surface area contributed by atoms with Crippen LogP contribution >= 0.6 is 0 Å². The highest BCUT2D eigenvalue weighted by Gasteiger charge is 2.32. The molecule has 1 atom stereocenters. The van der Waals surface area contributed by atoms with Crippen LogP contribution in [0.25, 0.3) is 0 Å². The second-order valence-electron chi connectivity index (χ2n) is 4.63. The van der Waals surface area contributed by atoms with E-state index in [2.05, 4.69) is 9.97 Å². The molecule has 0 unspecified atom stereocenters. The van der Waals surface area contributed by atoms with E-state index in [4.69, 9.17) is 0 Å². The molecule has 1 aromatic heterocycles. The largest absolute Gasteiger partial charge is 0.387 e. The van der Waals surface area contributed by atoms with Gasteiger partial charge in [-0.1, -0.05) is 44.2 Å². The van der Waals surface area contributed by atoms with Gasteiger partial charge in [0.2, 0.25) is 0 Å². The summed E-state index contributed by atoms with van der Waals surface area (Å²) in [5.41, 5.74) is 1.22. The minimum absolute atomic E-state index is 0.463. The molecule has 3 nitrogen and oxygen atoms in total. The Hall–Kier alpha value is -1.74. The van der Waals surface area contributed by atoms with Crippen molar-refractivity contribution in [2.45, 2.75) is 25.4 Å². The standard InChI is InChI=1S/C14H16N2O/c1-14(2,12-10-15-8-9-16-12)13(17)11-6-4-3-5-7-11/h3-10,13,17H,1-2H3/t13-/m1/s1. The third kappa shape index (κ3) is 2.34. The van der Waals surface area contributed by atoms with E-state index in [1.807, 2.05) is 44.2 Å². The van der Waals surface area contributed by atoms with E-state index in [1.165, 1.54) is 0 Å². The number of benzene rings is 1. The summed E-state index contributed by atoms with van der Waals surface area (Å²) in [5.74, 6) is 0. The third-order valence-electron chi connectivity index (χ3n) is 3.02. The van der Waals surface area contributed by atoms with Gasteiger partial charge in [-0.2, -0.15) is 0 Å². The first-order valence-corrected chi connectivity index (χ1v) is 5.62. The fraction of sp³-hybridized carbons (Fsp3) is 0.286. The Morgan fingerprint density at radius 3 is 2.41 bits per heavy atom. The van der Waals surface area contributed by atoms with Gasteiger partial charge in [0.05, 0.1) is 11.8 Å². The van der Waals surface area contributed by atoms with Crippen LogP contribution in [0, 0.1) is 0 Å². The molecule has 0 aliphatic heterocycles. The SMILES string of the molecule is CC(C)(c1cnccn1)[C@H](O)c1ccccc1. The Labute approximate surface area is 101 Å². The van der Waals surface area contributed by atoms with Crippen LogP contribution in [-0.4, -0.2) is 15.1 Å². The number of aliphatic hydroxyl groups is 1. The van der Waals surface area contributed by atoms with Crippen molar-refractivity contribution in [3.05, 3.63) is 60.2 Å². The van der Waals surface area contributed by atoms with Crippen molar-refractivity contribution in [2.24, 2.45) is 0 Å². The Balaban J connectivity index is 2.33. The molecule has 88 valence electrons. The molecule has 1 N–H and O–H groups in total. The summed E-state index contributed by atoms with van der Waals surface area (Å²) >= 11 is 0. The summed E-state index contributed by atoms with van der Waals surface area (Å²) in [7, 11) is 0. The Morgan fingerprint density at radius 1 is 1.12 bits per heavy atom. The number of aliphatic hydroxyl groups excluding tert-OH is 1. The van der Waals surface area contributed by atoms with Crippen molar-refractivity contribution in [1.82, 2.24) is 9.97 Å². The molecule has 0 aliphatic carbocycles. The summed E-state index contributed by atoms with van der Waals surface area (Å²) < 4.78 is 0. The van der Waals surface area contributed by atoms with Gasteiger partial charge in [-0.3, -0.25) is 9.97 Å². The van der Waals surface area contributed by atoms with Crippen LogP contribution in [0.1, 0.15) is 31.2 Å². The maximum atomic E-state index is 10.4. The molecule has 2 rings (SSSR count). The van der Waals surface area contributed by atoms with Crippen molar-refractivity contribution < 1.29 is 5.11 Å². The summed E-state index contributed by atoms with van der Waals surface area (Å²) in [6.45, 7) is 3.93. The summed E-state index contributed by atoms with van der Waals surface area (Å²) in [4.78, 5) is 8.33. The predicted molar refractivity (Wildman–Crippen MR) is 66.5 cm³/mol. The molecule has 0 fully saturated rings. The minimum atomic E-state index is -0.597. The van der Waals surface area contributed by atoms with Gasteiger partial charge in [0.1, 0.15) is 0 Å². The molecular weight excluding hydrogens is 212 g/mol. The van der Waals surface area contributed by atoms with Crippen molar-refractivity contribution in [3.63, 3.8) is 0 Å². The van der Waals surface area contributed by atoms with Crippen LogP contribution in [-0.2, 0) is 5.41 Å². The fourth-order valence-electron chi connectivity index (χ4n) is 1.82. The van der Waals surface area contributed by atoms with Gasteiger partial charge in [-0.25, -0.2) is 0 Å². The molecule has 0 aliphatic rings. The van der Waals surface area contributed by atoms with Crippen LogP contribution in [0.3, 0.4) is 0 Å². The number of hydrogen-bond acceptors (Lipinski definition) is 3. The zero-order valence-electron chi connectivity index (χ0n) is 10.0. The Kier molecular flexibility index (Phi) is 3.20. The van der Waals surface area contributed by atoms with E-state index in [0.29, 0.717) is 0 Å². The normalized spacial score (nSPS) is 13.4. The Bertz CT molecular complexity index is 468. The van der Waals surface area contributed by atoms with Crippen LogP contribution < -0.4 is 0 Å². The van der Waals surface area contributed by atoms with Crippen molar-refractivity contribution in [2.75, 3.05) is 0 Å². The van der Waals surface area contributed by atoms with E-state index in [-0.39, 0.29) is 0 Å². The third-order valence-corrected chi connectivity index (χ3v) is 3.02. The molecule has 0 saturated heterocycles. The highest BCUT2D eigenvalue weighted by Crippen LogP contribution is 2.35. The second-order valence-corrected chi connectivity index (χ2v) is 4.63. The lowest BCUT2D eigenvalue weighted by atomic mass is 9.80. The Morgan fingerprint density at radius 2 is 1.82 bits per heavy atom. The molecule has 1 aromatic carbocycles. The molecular formula is C14H16N2O. The van der Waals surface area contributed by atoms with Gasteiger partial charge in [-0.15, -0.1) is 0 Å². The number of hydrogen-bond donors (Lipinski definition) is 1. The highest BCUT2D eigenvalue weighted by molar-refractivity contribution is 5.25. The van der Waals surface area contributed by atoms with Crippen LogP contribution in [0.2, 0.25) is 0 Å². The van der Waals surface area contributed by atoms with E-state index >= 15 is 0 Å². The molecule has 0 radical (unpaired) electrons. The quantitative estimate of drug-likeness (QED) is 0.877. The zero-order valence-corrected chi connectivity index (χ0v) is 10.0. The average Bonchev–Trinajstić information content (AvgIpc) is 2.40. The summed E-state index contributed by atoms with van der Waals surface area (Å²) in [5, 5.41) is 10.4. The second kappa shape index (κ2) is 4.63. The number of nitrogens with zero attached hydrogens (tertiary/aromatic N) is 2. The molecule has 0 bridgehead atoms. The molecule has 2 aromatic rings. The van der Waals surface area contributed by atoms with Crippen LogP contribution in [0.5, 0.6) is 0 Å². The highest BCUT2D eigenvalue weighted by atomic mass is 16.3. The first kappa shape index (κ1) is 11.7. The number of aromatic nitrogens is 2. The van der Waals surface area contributed by atoms with Crippen LogP contribution in [0.4, 0.5) is 0 Å². The topological polar surface area (TPSA) is 46.0 Å². The molecule has 1 heterocycles. The van der Waals surface area contributed by atoms with Gasteiger partial charge in [0, 0.05) is 24.0 Å². The van der Waals surface area contributed by atoms with Crippen LogP contribution in [0.15, 0.2) is 48.9 Å². The lowest BCUT2D eigenvalue weighted by Crippen LogP contribution is -2.28. The molecule has 0 amide bonds. The van der Waals surface area contributed by atoms with Crippen molar-refractivity contribution in [3.8, 4) is 0 Å². The predicted octanol–water partition coefficient (Wildman–Crippen LogP) is 2.49. The van der Waals surface area contributed by atoms with Gasteiger partial charge >= 0.3 is 0 Å². The van der Waals surface area contributed by atoms with E-state index in [0.717, 1.165) is 11.3 Å².